The first-order valence-electron chi connectivity index (χ1n) is 7.26. The molecule has 120 valence electrons. The van der Waals surface area contributed by atoms with Crippen LogP contribution in [0.4, 0.5) is 10.5 Å². The lowest BCUT2D eigenvalue weighted by Crippen LogP contribution is -2.34. The van der Waals surface area contributed by atoms with Crippen LogP contribution in [0.2, 0.25) is 5.02 Å². The molecule has 1 aliphatic heterocycles. The molecule has 2 aromatic rings. The number of halogens is 1. The molecule has 0 aliphatic carbocycles. The summed E-state index contributed by atoms with van der Waals surface area (Å²) >= 11 is 7.69. The Morgan fingerprint density at radius 1 is 1.30 bits per heavy atom. The molecule has 3 rings (SSSR count). The van der Waals surface area contributed by atoms with Crippen molar-refractivity contribution >= 4 is 35.1 Å². The second-order valence-corrected chi connectivity index (χ2v) is 6.75. The van der Waals surface area contributed by atoms with E-state index in [1.54, 1.807) is 24.9 Å². The van der Waals surface area contributed by atoms with Crippen molar-refractivity contribution in [2.45, 2.75) is 5.37 Å². The predicted molar refractivity (Wildman–Crippen MR) is 95.4 cm³/mol. The number of thioether (sulfide) groups is 1. The van der Waals surface area contributed by atoms with Crippen LogP contribution in [0, 0.1) is 0 Å². The maximum absolute atomic E-state index is 12.6. The molecule has 1 heterocycles. The first-order valence-corrected chi connectivity index (χ1v) is 8.69. The second-order valence-electron chi connectivity index (χ2n) is 5.13. The maximum Gasteiger partial charge on any atom is 0.323 e. The normalized spacial score (nSPS) is 17.1. The molecule has 1 fully saturated rings. The zero-order chi connectivity index (χ0) is 16.2. The average molecular weight is 349 g/mol. The van der Waals surface area contributed by atoms with Crippen LogP contribution < -0.4 is 10.1 Å². The fourth-order valence-corrected chi connectivity index (χ4v) is 3.86. The van der Waals surface area contributed by atoms with E-state index >= 15 is 0 Å². The van der Waals surface area contributed by atoms with Crippen LogP contribution in [-0.4, -0.2) is 30.3 Å². The summed E-state index contributed by atoms with van der Waals surface area (Å²) in [6.45, 7) is 0.716. The van der Waals surface area contributed by atoms with Crippen molar-refractivity contribution in [1.29, 1.82) is 0 Å². The highest BCUT2D eigenvalue weighted by molar-refractivity contribution is 7.99. The Bertz CT molecular complexity index is 693. The lowest BCUT2D eigenvalue weighted by atomic mass is 10.2. The lowest BCUT2D eigenvalue weighted by Gasteiger charge is -2.24. The van der Waals surface area contributed by atoms with E-state index in [4.69, 9.17) is 16.3 Å². The number of benzene rings is 2. The quantitative estimate of drug-likeness (QED) is 0.879. The summed E-state index contributed by atoms with van der Waals surface area (Å²) in [5.41, 5.74) is 1.80. The van der Waals surface area contributed by atoms with Crippen LogP contribution in [-0.2, 0) is 0 Å². The lowest BCUT2D eigenvalue weighted by molar-refractivity contribution is 0.214. The monoisotopic (exact) mass is 348 g/mol. The van der Waals surface area contributed by atoms with Gasteiger partial charge in [-0.3, -0.25) is 0 Å². The van der Waals surface area contributed by atoms with E-state index in [0.29, 0.717) is 17.3 Å². The number of rotatable bonds is 3. The Morgan fingerprint density at radius 2 is 2.09 bits per heavy atom. The minimum absolute atomic E-state index is 0.0119. The molecule has 1 N–H and O–H groups in total. The SMILES string of the molecule is COc1cccc(NC(=O)N2CCS[C@H]2c2ccc(Cl)cc2)c1. The topological polar surface area (TPSA) is 41.6 Å². The number of methoxy groups -OCH3 is 1. The third-order valence-electron chi connectivity index (χ3n) is 3.63. The van der Waals surface area contributed by atoms with E-state index in [9.17, 15) is 4.79 Å². The summed E-state index contributed by atoms with van der Waals surface area (Å²) in [6.07, 6.45) is 0. The van der Waals surface area contributed by atoms with Crippen molar-refractivity contribution in [2.24, 2.45) is 0 Å². The fourth-order valence-electron chi connectivity index (χ4n) is 2.48. The molecule has 1 atom stereocenters. The van der Waals surface area contributed by atoms with Gasteiger partial charge in [-0.15, -0.1) is 11.8 Å². The summed E-state index contributed by atoms with van der Waals surface area (Å²) in [4.78, 5) is 14.4. The van der Waals surface area contributed by atoms with Gasteiger partial charge in [-0.1, -0.05) is 29.8 Å². The van der Waals surface area contributed by atoms with Gasteiger partial charge in [0.05, 0.1) is 7.11 Å². The van der Waals surface area contributed by atoms with Crippen molar-refractivity contribution in [3.05, 3.63) is 59.1 Å². The highest BCUT2D eigenvalue weighted by Crippen LogP contribution is 2.38. The largest absolute Gasteiger partial charge is 0.497 e. The van der Waals surface area contributed by atoms with Gasteiger partial charge >= 0.3 is 6.03 Å². The molecule has 6 heteroatoms. The number of carbonyl (C=O) groups is 1. The molecule has 2 amide bonds. The molecule has 0 bridgehead atoms. The number of hydrogen-bond acceptors (Lipinski definition) is 3. The van der Waals surface area contributed by atoms with Crippen LogP contribution in [0.1, 0.15) is 10.9 Å². The molecule has 23 heavy (non-hydrogen) atoms. The van der Waals surface area contributed by atoms with Gasteiger partial charge in [-0.05, 0) is 29.8 Å². The Kier molecular flexibility index (Phi) is 4.98. The van der Waals surface area contributed by atoms with E-state index in [1.165, 1.54) is 0 Å². The van der Waals surface area contributed by atoms with Gasteiger partial charge in [0.1, 0.15) is 11.1 Å². The minimum Gasteiger partial charge on any atom is -0.497 e. The summed E-state index contributed by atoms with van der Waals surface area (Å²) < 4.78 is 5.18. The van der Waals surface area contributed by atoms with E-state index < -0.39 is 0 Å². The van der Waals surface area contributed by atoms with Gasteiger partial charge in [0.2, 0.25) is 0 Å². The van der Waals surface area contributed by atoms with Gasteiger partial charge in [0, 0.05) is 29.1 Å². The molecular weight excluding hydrogens is 332 g/mol. The molecule has 0 unspecified atom stereocenters. The number of carbonyl (C=O) groups excluding carboxylic acids is 1. The molecule has 0 radical (unpaired) electrons. The highest BCUT2D eigenvalue weighted by atomic mass is 35.5. The van der Waals surface area contributed by atoms with E-state index in [2.05, 4.69) is 5.32 Å². The highest BCUT2D eigenvalue weighted by Gasteiger charge is 2.30. The molecular formula is C17H17ClN2O2S. The number of nitrogens with one attached hydrogen (secondary N) is 1. The fraction of sp³-hybridized carbons (Fsp3) is 0.235. The molecule has 0 saturated carbocycles. The zero-order valence-electron chi connectivity index (χ0n) is 12.7. The Morgan fingerprint density at radius 3 is 2.83 bits per heavy atom. The van der Waals surface area contributed by atoms with Gasteiger partial charge in [0.25, 0.3) is 0 Å². The van der Waals surface area contributed by atoms with Crippen molar-refractivity contribution in [3.8, 4) is 5.75 Å². The number of nitrogens with zero attached hydrogens (tertiary/aromatic N) is 1. The summed E-state index contributed by atoms with van der Waals surface area (Å²) in [7, 11) is 1.61. The Labute approximate surface area is 144 Å². The molecule has 0 aromatic heterocycles. The summed E-state index contributed by atoms with van der Waals surface area (Å²) in [6, 6.07) is 14.9. The van der Waals surface area contributed by atoms with Crippen molar-refractivity contribution in [1.82, 2.24) is 4.90 Å². The smallest absolute Gasteiger partial charge is 0.323 e. The van der Waals surface area contributed by atoms with Crippen molar-refractivity contribution < 1.29 is 9.53 Å². The van der Waals surface area contributed by atoms with E-state index in [-0.39, 0.29) is 11.4 Å². The van der Waals surface area contributed by atoms with Gasteiger partial charge in [-0.2, -0.15) is 0 Å². The third kappa shape index (κ3) is 3.74. The third-order valence-corrected chi connectivity index (χ3v) is 5.14. The Balaban J connectivity index is 1.74. The number of urea groups is 1. The summed E-state index contributed by atoms with van der Waals surface area (Å²) in [5.74, 6) is 1.63. The number of hydrogen-bond donors (Lipinski definition) is 1. The first-order chi connectivity index (χ1) is 11.2. The molecule has 0 spiro atoms. The molecule has 4 nitrogen and oxygen atoms in total. The van der Waals surface area contributed by atoms with Crippen LogP contribution in [0.3, 0.4) is 0 Å². The van der Waals surface area contributed by atoms with E-state index in [0.717, 1.165) is 17.0 Å². The van der Waals surface area contributed by atoms with E-state index in [1.807, 2.05) is 47.4 Å². The standard InChI is InChI=1S/C17H17ClN2O2S/c1-22-15-4-2-3-14(11-15)19-17(21)20-9-10-23-16(20)12-5-7-13(18)8-6-12/h2-8,11,16H,9-10H2,1H3,(H,19,21)/t16-/m0/s1. The van der Waals surface area contributed by atoms with Gasteiger partial charge in [-0.25, -0.2) is 4.79 Å². The van der Waals surface area contributed by atoms with Crippen LogP contribution in [0.5, 0.6) is 5.75 Å². The maximum atomic E-state index is 12.6. The second kappa shape index (κ2) is 7.15. The molecule has 2 aromatic carbocycles. The van der Waals surface area contributed by atoms with Crippen molar-refractivity contribution in [2.75, 3.05) is 24.7 Å². The first kappa shape index (κ1) is 16.0. The number of anilines is 1. The zero-order valence-corrected chi connectivity index (χ0v) is 14.2. The molecule has 1 aliphatic rings. The van der Waals surface area contributed by atoms with Crippen LogP contribution in [0.25, 0.3) is 0 Å². The molecule has 1 saturated heterocycles. The predicted octanol–water partition coefficient (Wildman–Crippen LogP) is 4.63. The van der Waals surface area contributed by atoms with Gasteiger partial charge < -0.3 is 15.0 Å². The minimum atomic E-state index is -0.108. The van der Waals surface area contributed by atoms with Crippen LogP contribution >= 0.6 is 23.4 Å². The Hall–Kier alpha value is -1.85. The van der Waals surface area contributed by atoms with Crippen molar-refractivity contribution in [3.63, 3.8) is 0 Å². The van der Waals surface area contributed by atoms with Crippen LogP contribution in [0.15, 0.2) is 48.5 Å². The van der Waals surface area contributed by atoms with Gasteiger partial charge in [0.15, 0.2) is 0 Å². The number of amides is 2. The average Bonchev–Trinajstić information content (AvgIpc) is 3.05. The number of ether oxygens (including phenoxy) is 1. The summed E-state index contributed by atoms with van der Waals surface area (Å²) in [5, 5.41) is 3.65.